The van der Waals surface area contributed by atoms with Gasteiger partial charge in [0, 0.05) is 18.6 Å². The zero-order valence-electron chi connectivity index (χ0n) is 10.5. The zero-order chi connectivity index (χ0) is 13.0. The summed E-state index contributed by atoms with van der Waals surface area (Å²) in [7, 11) is -1.65. The summed E-state index contributed by atoms with van der Waals surface area (Å²) in [6.45, 7) is 6.21. The maximum Gasteiger partial charge on any atom is 0.238 e. The molecular formula is C12H17N2O2S+. The van der Waals surface area contributed by atoms with Gasteiger partial charge in [-0.1, -0.05) is 0 Å². The molecule has 0 radical (unpaired) electrons. The van der Waals surface area contributed by atoms with E-state index in [1.807, 2.05) is 13.1 Å². The lowest BCUT2D eigenvalue weighted by molar-refractivity contribution is -0.403. The number of sulfonamides is 1. The minimum Gasteiger partial charge on any atom is -0.225 e. The predicted octanol–water partition coefficient (Wildman–Crippen LogP) is 1.36. The molecule has 0 atom stereocenters. The Labute approximate surface area is 102 Å². The van der Waals surface area contributed by atoms with E-state index in [4.69, 9.17) is 5.14 Å². The average Bonchev–Trinajstić information content (AvgIpc) is 2.39. The summed E-state index contributed by atoms with van der Waals surface area (Å²) in [4.78, 5) is 0.174. The molecule has 1 aromatic rings. The van der Waals surface area contributed by atoms with Crippen molar-refractivity contribution in [2.75, 3.05) is 7.05 Å². The number of benzene rings is 1. The first-order valence-electron chi connectivity index (χ1n) is 5.41. The van der Waals surface area contributed by atoms with E-state index in [-0.39, 0.29) is 10.3 Å². The maximum absolute atomic E-state index is 11.4. The third kappa shape index (κ3) is 1.70. The van der Waals surface area contributed by atoms with E-state index in [2.05, 4.69) is 25.3 Å². The quantitative estimate of drug-likeness (QED) is 0.768. The predicted molar refractivity (Wildman–Crippen MR) is 67.4 cm³/mol. The van der Waals surface area contributed by atoms with E-state index >= 15 is 0 Å². The van der Waals surface area contributed by atoms with Crippen LogP contribution in [-0.4, -0.2) is 25.8 Å². The van der Waals surface area contributed by atoms with Crippen LogP contribution in [0.5, 0.6) is 0 Å². The van der Waals surface area contributed by atoms with Crippen LogP contribution in [-0.2, 0) is 15.4 Å². The molecule has 5 heteroatoms. The minimum absolute atomic E-state index is 0.162. The molecule has 2 N–H and O–H groups in total. The number of hydrogen-bond donors (Lipinski definition) is 1. The van der Waals surface area contributed by atoms with Crippen molar-refractivity contribution in [3.63, 3.8) is 0 Å². The highest BCUT2D eigenvalue weighted by atomic mass is 32.2. The number of fused-ring (bicyclic) bond motifs is 1. The van der Waals surface area contributed by atoms with Crippen molar-refractivity contribution < 1.29 is 13.0 Å². The van der Waals surface area contributed by atoms with Crippen molar-refractivity contribution in [1.82, 2.24) is 0 Å². The molecule has 2 rings (SSSR count). The summed E-state index contributed by atoms with van der Waals surface area (Å²) in [5.41, 5.74) is 3.08. The molecule has 0 saturated heterocycles. The Morgan fingerprint density at radius 3 is 2.41 bits per heavy atom. The van der Waals surface area contributed by atoms with E-state index in [1.165, 1.54) is 5.71 Å². The molecule has 1 aromatic carbocycles. The monoisotopic (exact) mass is 253 g/mol. The second kappa shape index (κ2) is 3.40. The number of nitrogens with zero attached hydrogens (tertiary/aromatic N) is 1. The lowest BCUT2D eigenvalue weighted by atomic mass is 9.82. The summed E-state index contributed by atoms with van der Waals surface area (Å²) in [6, 6.07) is 5.05. The van der Waals surface area contributed by atoms with E-state index < -0.39 is 10.0 Å². The van der Waals surface area contributed by atoms with Gasteiger partial charge in [0.25, 0.3) is 0 Å². The van der Waals surface area contributed by atoms with Crippen molar-refractivity contribution in [1.29, 1.82) is 0 Å². The normalized spacial score (nSPS) is 18.4. The van der Waals surface area contributed by atoms with Gasteiger partial charge >= 0.3 is 0 Å². The fraction of sp³-hybridized carbons (Fsp3) is 0.417. The van der Waals surface area contributed by atoms with Crippen LogP contribution in [0.1, 0.15) is 26.3 Å². The van der Waals surface area contributed by atoms with E-state index in [0.29, 0.717) is 0 Å². The van der Waals surface area contributed by atoms with Gasteiger partial charge in [-0.25, -0.2) is 18.1 Å². The van der Waals surface area contributed by atoms with Crippen LogP contribution in [0.15, 0.2) is 23.1 Å². The average molecular weight is 253 g/mol. The lowest BCUT2D eigenvalue weighted by Gasteiger charge is -2.15. The molecule has 1 aliphatic rings. The van der Waals surface area contributed by atoms with Crippen molar-refractivity contribution in [3.8, 4) is 0 Å². The van der Waals surface area contributed by atoms with Gasteiger partial charge in [-0.15, -0.1) is 0 Å². The maximum atomic E-state index is 11.4. The van der Waals surface area contributed by atoms with Crippen LogP contribution >= 0.6 is 0 Å². The van der Waals surface area contributed by atoms with Crippen LogP contribution < -0.4 is 5.14 Å². The molecule has 0 aromatic heterocycles. The van der Waals surface area contributed by atoms with Gasteiger partial charge in [-0.05, 0) is 26.0 Å². The second-order valence-corrected chi connectivity index (χ2v) is 6.55. The fourth-order valence-corrected chi connectivity index (χ4v) is 2.82. The van der Waals surface area contributed by atoms with Crippen LogP contribution in [0, 0.1) is 0 Å². The summed E-state index contributed by atoms with van der Waals surface area (Å²) >= 11 is 0. The second-order valence-electron chi connectivity index (χ2n) is 4.99. The first kappa shape index (κ1) is 12.3. The Morgan fingerprint density at radius 2 is 1.88 bits per heavy atom. The van der Waals surface area contributed by atoms with Crippen molar-refractivity contribution in [2.24, 2.45) is 5.14 Å². The smallest absolute Gasteiger partial charge is 0.225 e. The summed E-state index contributed by atoms with van der Waals surface area (Å²) < 4.78 is 24.8. The number of nitrogens with two attached hydrogens (primary N) is 1. The molecular weight excluding hydrogens is 236 g/mol. The summed E-state index contributed by atoms with van der Waals surface area (Å²) in [5.74, 6) is 0. The van der Waals surface area contributed by atoms with Gasteiger partial charge in [-0.2, -0.15) is 0 Å². The Hall–Kier alpha value is -1.20. The fourth-order valence-electron chi connectivity index (χ4n) is 2.28. The van der Waals surface area contributed by atoms with E-state index in [0.717, 1.165) is 11.3 Å². The molecule has 92 valence electrons. The third-order valence-electron chi connectivity index (χ3n) is 3.74. The molecule has 0 fully saturated rings. The first-order chi connectivity index (χ1) is 7.65. The van der Waals surface area contributed by atoms with E-state index in [1.54, 1.807) is 12.1 Å². The highest BCUT2D eigenvalue weighted by Gasteiger charge is 2.41. The topological polar surface area (TPSA) is 63.2 Å². The van der Waals surface area contributed by atoms with Crippen LogP contribution in [0.3, 0.4) is 0 Å². The lowest BCUT2D eigenvalue weighted by Crippen LogP contribution is -2.25. The summed E-state index contributed by atoms with van der Waals surface area (Å²) in [6.07, 6.45) is 0. The summed E-state index contributed by atoms with van der Waals surface area (Å²) in [5, 5.41) is 5.16. The number of rotatable bonds is 1. The molecule has 0 saturated carbocycles. The zero-order valence-corrected chi connectivity index (χ0v) is 11.3. The SMILES string of the molecule is CC1=[N+](C)c2ccc(S(N)(=O)=O)cc2C1(C)C. The molecule has 0 bridgehead atoms. The van der Waals surface area contributed by atoms with Gasteiger partial charge in [0.05, 0.1) is 10.3 Å². The Balaban J connectivity index is 2.72. The first-order valence-corrected chi connectivity index (χ1v) is 6.95. The Morgan fingerprint density at radius 1 is 1.29 bits per heavy atom. The van der Waals surface area contributed by atoms with Crippen molar-refractivity contribution in [2.45, 2.75) is 31.1 Å². The van der Waals surface area contributed by atoms with Crippen LogP contribution in [0.4, 0.5) is 5.69 Å². The van der Waals surface area contributed by atoms with Gasteiger partial charge < -0.3 is 0 Å². The van der Waals surface area contributed by atoms with Crippen molar-refractivity contribution >= 4 is 21.4 Å². The molecule has 0 spiro atoms. The van der Waals surface area contributed by atoms with Gasteiger partial charge in [0.15, 0.2) is 5.71 Å². The molecule has 1 heterocycles. The molecule has 0 amide bonds. The third-order valence-corrected chi connectivity index (χ3v) is 4.65. The van der Waals surface area contributed by atoms with E-state index in [9.17, 15) is 8.42 Å². The Kier molecular flexibility index (Phi) is 2.45. The van der Waals surface area contributed by atoms with Crippen molar-refractivity contribution in [3.05, 3.63) is 23.8 Å². The Bertz CT molecular complexity index is 628. The van der Waals surface area contributed by atoms with Gasteiger partial charge in [-0.3, -0.25) is 0 Å². The molecule has 0 unspecified atom stereocenters. The largest absolute Gasteiger partial charge is 0.238 e. The highest BCUT2D eigenvalue weighted by Crippen LogP contribution is 2.39. The molecule has 0 aliphatic carbocycles. The van der Waals surface area contributed by atoms with Crippen LogP contribution in [0.2, 0.25) is 0 Å². The van der Waals surface area contributed by atoms with Gasteiger partial charge in [0.2, 0.25) is 15.7 Å². The number of primary sulfonamides is 1. The molecule has 4 nitrogen and oxygen atoms in total. The van der Waals surface area contributed by atoms with Gasteiger partial charge in [0.1, 0.15) is 7.05 Å². The highest BCUT2D eigenvalue weighted by molar-refractivity contribution is 7.89. The molecule has 1 aliphatic heterocycles. The minimum atomic E-state index is -3.64. The van der Waals surface area contributed by atoms with Crippen LogP contribution in [0.25, 0.3) is 0 Å². The molecule has 17 heavy (non-hydrogen) atoms. The number of hydrogen-bond acceptors (Lipinski definition) is 2. The standard InChI is InChI=1S/C12H17N2O2S/c1-8-12(2,3)10-7-9(17(13,15)16)5-6-11(10)14(8)4/h5-7H,1-4H3,(H2,13,15,16)/q+1.